The summed E-state index contributed by atoms with van der Waals surface area (Å²) in [5, 5.41) is 8.09. The van der Waals surface area contributed by atoms with Gasteiger partial charge in [-0.15, -0.1) is 5.10 Å². The van der Waals surface area contributed by atoms with Crippen LogP contribution in [0.5, 0.6) is 0 Å². The molecule has 0 unspecified atom stereocenters. The molecule has 0 aliphatic carbocycles. The van der Waals surface area contributed by atoms with Crippen molar-refractivity contribution < 1.29 is 0 Å². The quantitative estimate of drug-likeness (QED) is 0.855. The predicted molar refractivity (Wildman–Crippen MR) is 67.2 cm³/mol. The number of aromatic nitrogens is 3. The van der Waals surface area contributed by atoms with Crippen LogP contribution in [0.15, 0.2) is 0 Å². The van der Waals surface area contributed by atoms with E-state index in [1.807, 2.05) is 4.68 Å². The molecule has 0 atom stereocenters. The Labute approximate surface area is 98.2 Å². The Morgan fingerprint density at radius 1 is 1.31 bits per heavy atom. The second kappa shape index (κ2) is 4.85. The Kier molecular flexibility index (Phi) is 3.94. The summed E-state index contributed by atoms with van der Waals surface area (Å²) in [6.45, 7) is 11.8. The minimum atomic E-state index is 0.00537. The van der Waals surface area contributed by atoms with Crippen molar-refractivity contribution in [1.82, 2.24) is 15.0 Å². The van der Waals surface area contributed by atoms with Gasteiger partial charge in [0, 0.05) is 12.0 Å². The maximum absolute atomic E-state index is 5.86. The van der Waals surface area contributed by atoms with Gasteiger partial charge in [-0.2, -0.15) is 0 Å². The van der Waals surface area contributed by atoms with Crippen molar-refractivity contribution in [2.24, 2.45) is 5.92 Å². The molecule has 1 aromatic rings. The highest BCUT2D eigenvalue weighted by atomic mass is 15.4. The number of hydrogen-bond donors (Lipinski definition) is 1. The van der Waals surface area contributed by atoms with Crippen LogP contribution in [0.4, 0.5) is 5.82 Å². The molecule has 4 nitrogen and oxygen atoms in total. The lowest BCUT2D eigenvalue weighted by Gasteiger charge is -2.20. The zero-order chi connectivity index (χ0) is 12.3. The lowest BCUT2D eigenvalue weighted by atomic mass is 9.92. The van der Waals surface area contributed by atoms with Crippen LogP contribution in [-0.4, -0.2) is 15.0 Å². The SMILES string of the molecule is CC(C)CCCn1nnc(N)c1C(C)(C)C. The average molecular weight is 224 g/mol. The van der Waals surface area contributed by atoms with Crippen LogP contribution in [0.1, 0.15) is 53.2 Å². The Morgan fingerprint density at radius 3 is 2.44 bits per heavy atom. The van der Waals surface area contributed by atoms with E-state index in [0.29, 0.717) is 5.82 Å². The van der Waals surface area contributed by atoms with Crippen LogP contribution in [0.3, 0.4) is 0 Å². The van der Waals surface area contributed by atoms with Gasteiger partial charge in [-0.3, -0.25) is 0 Å². The van der Waals surface area contributed by atoms with Gasteiger partial charge in [-0.1, -0.05) is 39.8 Å². The van der Waals surface area contributed by atoms with Gasteiger partial charge in [0.1, 0.15) is 0 Å². The molecule has 1 aromatic heterocycles. The molecule has 0 bridgehead atoms. The molecule has 0 saturated heterocycles. The summed E-state index contributed by atoms with van der Waals surface area (Å²) in [5.74, 6) is 1.30. The van der Waals surface area contributed by atoms with Crippen LogP contribution < -0.4 is 5.73 Å². The normalized spacial score (nSPS) is 12.4. The van der Waals surface area contributed by atoms with Crippen molar-refractivity contribution in [3.05, 3.63) is 5.69 Å². The van der Waals surface area contributed by atoms with Gasteiger partial charge in [-0.05, 0) is 18.8 Å². The van der Waals surface area contributed by atoms with Gasteiger partial charge < -0.3 is 5.73 Å². The topological polar surface area (TPSA) is 56.7 Å². The van der Waals surface area contributed by atoms with E-state index in [9.17, 15) is 0 Å². The molecule has 0 fully saturated rings. The lowest BCUT2D eigenvalue weighted by Crippen LogP contribution is -2.20. The molecule has 0 aromatic carbocycles. The summed E-state index contributed by atoms with van der Waals surface area (Å²) in [5.41, 5.74) is 6.92. The fourth-order valence-corrected chi connectivity index (χ4v) is 1.90. The molecule has 92 valence electrons. The number of rotatable bonds is 4. The Morgan fingerprint density at radius 2 is 1.94 bits per heavy atom. The Balaban J connectivity index is 2.74. The van der Waals surface area contributed by atoms with Gasteiger partial charge in [0.25, 0.3) is 0 Å². The van der Waals surface area contributed by atoms with Crippen LogP contribution >= 0.6 is 0 Å². The first-order valence-corrected chi connectivity index (χ1v) is 6.02. The zero-order valence-corrected chi connectivity index (χ0v) is 11.1. The van der Waals surface area contributed by atoms with Crippen LogP contribution in [0.2, 0.25) is 0 Å². The fourth-order valence-electron chi connectivity index (χ4n) is 1.90. The third kappa shape index (κ3) is 3.22. The van der Waals surface area contributed by atoms with Crippen LogP contribution in [0, 0.1) is 5.92 Å². The maximum Gasteiger partial charge on any atom is 0.169 e. The highest BCUT2D eigenvalue weighted by Crippen LogP contribution is 2.26. The van der Waals surface area contributed by atoms with E-state index < -0.39 is 0 Å². The maximum atomic E-state index is 5.86. The summed E-state index contributed by atoms with van der Waals surface area (Å²) in [4.78, 5) is 0. The fraction of sp³-hybridized carbons (Fsp3) is 0.833. The van der Waals surface area contributed by atoms with Gasteiger partial charge in [-0.25, -0.2) is 4.68 Å². The largest absolute Gasteiger partial charge is 0.381 e. The van der Waals surface area contributed by atoms with Crippen LogP contribution in [0.25, 0.3) is 0 Å². The molecule has 0 aliphatic rings. The van der Waals surface area contributed by atoms with E-state index in [1.54, 1.807) is 0 Å². The van der Waals surface area contributed by atoms with Gasteiger partial charge >= 0.3 is 0 Å². The van der Waals surface area contributed by atoms with Crippen molar-refractivity contribution in [3.8, 4) is 0 Å². The minimum absolute atomic E-state index is 0.00537. The first kappa shape index (κ1) is 13.0. The number of nitrogens with zero attached hydrogens (tertiary/aromatic N) is 3. The molecule has 0 aliphatic heterocycles. The molecule has 1 rings (SSSR count). The monoisotopic (exact) mass is 224 g/mol. The standard InChI is InChI=1S/C12H24N4/c1-9(2)7-6-8-16-10(12(3,4)5)11(13)14-15-16/h9H,6-8,13H2,1-5H3. The van der Waals surface area contributed by atoms with E-state index in [-0.39, 0.29) is 5.41 Å². The Bertz CT molecular complexity index is 333. The number of nitrogen functional groups attached to an aromatic ring is 1. The molecule has 0 radical (unpaired) electrons. The zero-order valence-electron chi connectivity index (χ0n) is 11.1. The summed E-state index contributed by atoms with van der Waals surface area (Å²) in [6, 6.07) is 0. The second-order valence-electron chi connectivity index (χ2n) is 5.83. The molecular formula is C12H24N4. The first-order chi connectivity index (χ1) is 7.32. The Hall–Kier alpha value is -1.06. The van der Waals surface area contributed by atoms with Gasteiger partial charge in [0.15, 0.2) is 5.82 Å². The molecule has 2 N–H and O–H groups in total. The average Bonchev–Trinajstić information content (AvgIpc) is 2.45. The predicted octanol–water partition coefficient (Wildman–Crippen LogP) is 2.59. The third-order valence-electron chi connectivity index (χ3n) is 2.62. The van der Waals surface area contributed by atoms with Gasteiger partial charge in [0.2, 0.25) is 0 Å². The third-order valence-corrected chi connectivity index (χ3v) is 2.62. The van der Waals surface area contributed by atoms with Crippen molar-refractivity contribution in [2.45, 2.75) is 59.4 Å². The first-order valence-electron chi connectivity index (χ1n) is 6.02. The van der Waals surface area contributed by atoms with E-state index >= 15 is 0 Å². The minimum Gasteiger partial charge on any atom is -0.381 e. The molecule has 1 heterocycles. The molecule has 0 saturated carbocycles. The number of hydrogen-bond acceptors (Lipinski definition) is 3. The van der Waals surface area contributed by atoms with E-state index in [4.69, 9.17) is 5.73 Å². The molecule has 16 heavy (non-hydrogen) atoms. The summed E-state index contributed by atoms with van der Waals surface area (Å²) >= 11 is 0. The van der Waals surface area contributed by atoms with E-state index in [1.165, 1.54) is 6.42 Å². The highest BCUT2D eigenvalue weighted by molar-refractivity contribution is 5.37. The highest BCUT2D eigenvalue weighted by Gasteiger charge is 2.23. The number of anilines is 1. The van der Waals surface area contributed by atoms with Crippen molar-refractivity contribution >= 4 is 5.82 Å². The van der Waals surface area contributed by atoms with Crippen molar-refractivity contribution in [3.63, 3.8) is 0 Å². The van der Waals surface area contributed by atoms with Crippen LogP contribution in [-0.2, 0) is 12.0 Å². The lowest BCUT2D eigenvalue weighted by molar-refractivity contribution is 0.440. The smallest absolute Gasteiger partial charge is 0.169 e. The molecule has 4 heteroatoms. The van der Waals surface area contributed by atoms with Crippen molar-refractivity contribution in [1.29, 1.82) is 0 Å². The molecule has 0 amide bonds. The second-order valence-corrected chi connectivity index (χ2v) is 5.83. The van der Waals surface area contributed by atoms with Crippen molar-refractivity contribution in [2.75, 3.05) is 5.73 Å². The summed E-state index contributed by atoms with van der Waals surface area (Å²) < 4.78 is 1.96. The molecular weight excluding hydrogens is 200 g/mol. The van der Waals surface area contributed by atoms with E-state index in [2.05, 4.69) is 44.9 Å². The summed E-state index contributed by atoms with van der Waals surface area (Å²) in [6.07, 6.45) is 2.34. The summed E-state index contributed by atoms with van der Waals surface area (Å²) in [7, 11) is 0. The molecule has 0 spiro atoms. The van der Waals surface area contributed by atoms with E-state index in [0.717, 1.165) is 24.6 Å². The van der Waals surface area contributed by atoms with Gasteiger partial charge in [0.05, 0.1) is 5.69 Å². The number of aryl methyl sites for hydroxylation is 1. The number of nitrogens with two attached hydrogens (primary N) is 1.